The van der Waals surface area contributed by atoms with Gasteiger partial charge in [0.25, 0.3) is 0 Å². The second-order valence-corrected chi connectivity index (χ2v) is 3.62. The van der Waals surface area contributed by atoms with E-state index in [4.69, 9.17) is 0 Å². The Balaban J connectivity index is 2.68. The van der Waals surface area contributed by atoms with Crippen molar-refractivity contribution in [1.29, 1.82) is 0 Å². The summed E-state index contributed by atoms with van der Waals surface area (Å²) in [6.45, 7) is 0. The summed E-state index contributed by atoms with van der Waals surface area (Å²) in [6.07, 6.45) is 2.54. The molecule has 5 nitrogen and oxygen atoms in total. The number of aromatic nitrogens is 2. The second kappa shape index (κ2) is 3.05. The molecule has 5 heteroatoms. The SMILES string of the molecule is CN(C)c1nc2c(n1C)C(=O)C=CC2=O. The first kappa shape index (κ1) is 9.64. The molecule has 0 bridgehead atoms. The molecule has 0 amide bonds. The van der Waals surface area contributed by atoms with E-state index in [-0.39, 0.29) is 17.3 Å². The van der Waals surface area contributed by atoms with Gasteiger partial charge in [0.2, 0.25) is 17.5 Å². The largest absolute Gasteiger partial charge is 0.348 e. The van der Waals surface area contributed by atoms with Gasteiger partial charge in [0, 0.05) is 21.1 Å². The highest BCUT2D eigenvalue weighted by Gasteiger charge is 2.27. The van der Waals surface area contributed by atoms with E-state index in [1.807, 2.05) is 14.1 Å². The Bertz CT molecular complexity index is 483. The first-order valence-electron chi connectivity index (χ1n) is 4.53. The van der Waals surface area contributed by atoms with Crippen molar-refractivity contribution in [3.8, 4) is 0 Å². The normalized spacial score (nSPS) is 14.3. The van der Waals surface area contributed by atoms with Crippen molar-refractivity contribution in [3.05, 3.63) is 23.5 Å². The predicted octanol–water partition coefficient (Wildman–Crippen LogP) is 0.421. The van der Waals surface area contributed by atoms with Crippen molar-refractivity contribution in [2.45, 2.75) is 0 Å². The highest BCUT2D eigenvalue weighted by Crippen LogP contribution is 2.21. The van der Waals surface area contributed by atoms with Crippen molar-refractivity contribution in [2.75, 3.05) is 19.0 Å². The fourth-order valence-electron chi connectivity index (χ4n) is 1.65. The zero-order valence-corrected chi connectivity index (χ0v) is 8.81. The summed E-state index contributed by atoms with van der Waals surface area (Å²) in [4.78, 5) is 29.0. The van der Waals surface area contributed by atoms with Crippen LogP contribution >= 0.6 is 0 Å². The molecule has 0 aliphatic heterocycles. The summed E-state index contributed by atoms with van der Waals surface area (Å²) >= 11 is 0. The van der Waals surface area contributed by atoms with Crippen LogP contribution in [-0.2, 0) is 7.05 Å². The lowest BCUT2D eigenvalue weighted by atomic mass is 10.1. The average Bonchev–Trinajstić information content (AvgIpc) is 2.51. The Hall–Kier alpha value is -1.91. The van der Waals surface area contributed by atoms with Crippen LogP contribution in [0.5, 0.6) is 0 Å². The van der Waals surface area contributed by atoms with Crippen LogP contribution < -0.4 is 4.90 Å². The molecule has 1 aliphatic rings. The topological polar surface area (TPSA) is 55.2 Å². The number of carbonyl (C=O) groups is 2. The molecule has 0 unspecified atom stereocenters. The lowest BCUT2D eigenvalue weighted by molar-refractivity contribution is 0.0987. The van der Waals surface area contributed by atoms with Crippen LogP contribution in [0.25, 0.3) is 0 Å². The monoisotopic (exact) mass is 205 g/mol. The smallest absolute Gasteiger partial charge is 0.206 e. The molecule has 0 aromatic carbocycles. The molecule has 0 radical (unpaired) electrons. The molecule has 0 N–H and O–H groups in total. The maximum atomic E-state index is 11.6. The molecular formula is C10H11N3O2. The minimum absolute atomic E-state index is 0.173. The number of carbonyl (C=O) groups excluding carboxylic acids is 2. The number of hydrogen-bond acceptors (Lipinski definition) is 4. The van der Waals surface area contributed by atoms with E-state index in [0.29, 0.717) is 11.6 Å². The van der Waals surface area contributed by atoms with E-state index in [1.165, 1.54) is 12.2 Å². The summed E-state index contributed by atoms with van der Waals surface area (Å²) in [5.74, 6) is 0.214. The van der Waals surface area contributed by atoms with Gasteiger partial charge in [-0.3, -0.25) is 9.59 Å². The van der Waals surface area contributed by atoms with Gasteiger partial charge in [-0.1, -0.05) is 0 Å². The zero-order valence-electron chi connectivity index (χ0n) is 8.81. The summed E-state index contributed by atoms with van der Waals surface area (Å²) in [7, 11) is 5.36. The highest BCUT2D eigenvalue weighted by molar-refractivity contribution is 6.20. The third-order valence-corrected chi connectivity index (χ3v) is 2.32. The van der Waals surface area contributed by atoms with Gasteiger partial charge in [0.15, 0.2) is 0 Å². The van der Waals surface area contributed by atoms with Crippen molar-refractivity contribution in [3.63, 3.8) is 0 Å². The van der Waals surface area contributed by atoms with Crippen molar-refractivity contribution >= 4 is 17.5 Å². The third-order valence-electron chi connectivity index (χ3n) is 2.32. The summed E-state index contributed by atoms with van der Waals surface area (Å²) < 4.78 is 1.64. The number of anilines is 1. The fourth-order valence-corrected chi connectivity index (χ4v) is 1.65. The number of nitrogens with zero attached hydrogens (tertiary/aromatic N) is 3. The quantitative estimate of drug-likeness (QED) is 0.666. The molecule has 0 saturated carbocycles. The van der Waals surface area contributed by atoms with Crippen LogP contribution in [0, 0.1) is 0 Å². The average molecular weight is 205 g/mol. The molecule has 0 saturated heterocycles. The second-order valence-electron chi connectivity index (χ2n) is 3.62. The van der Waals surface area contributed by atoms with Crippen molar-refractivity contribution in [1.82, 2.24) is 9.55 Å². The molecule has 0 atom stereocenters. The van der Waals surface area contributed by atoms with Gasteiger partial charge < -0.3 is 9.47 Å². The minimum Gasteiger partial charge on any atom is -0.348 e. The zero-order chi connectivity index (χ0) is 11.2. The minimum atomic E-state index is -0.215. The Morgan fingerprint density at radius 2 is 1.80 bits per heavy atom. The van der Waals surface area contributed by atoms with Crippen LogP contribution in [0.3, 0.4) is 0 Å². The third kappa shape index (κ3) is 1.27. The standard InChI is InChI=1S/C10H11N3O2/c1-12(2)10-11-8-6(14)4-5-7(15)9(8)13(10)3/h4-5H,1-3H3. The molecule has 0 spiro atoms. The number of ketones is 2. The summed E-state index contributed by atoms with van der Waals surface area (Å²) in [5, 5.41) is 0. The molecule has 78 valence electrons. The van der Waals surface area contributed by atoms with Gasteiger partial charge in [0.1, 0.15) is 11.4 Å². The van der Waals surface area contributed by atoms with Gasteiger partial charge in [-0.25, -0.2) is 4.98 Å². The van der Waals surface area contributed by atoms with Gasteiger partial charge in [0.05, 0.1) is 0 Å². The van der Waals surface area contributed by atoms with E-state index in [9.17, 15) is 9.59 Å². The first-order chi connectivity index (χ1) is 7.02. The molecule has 15 heavy (non-hydrogen) atoms. The number of allylic oxidation sites excluding steroid dienone is 2. The number of rotatable bonds is 1. The van der Waals surface area contributed by atoms with Crippen molar-refractivity contribution < 1.29 is 9.59 Å². The van der Waals surface area contributed by atoms with Gasteiger partial charge in [-0.2, -0.15) is 0 Å². The number of hydrogen-bond donors (Lipinski definition) is 0. The van der Waals surface area contributed by atoms with Gasteiger partial charge in [-0.15, -0.1) is 0 Å². The number of fused-ring (bicyclic) bond motifs is 1. The summed E-state index contributed by atoms with van der Waals surface area (Å²) in [5.41, 5.74) is 0.611. The van der Waals surface area contributed by atoms with Crippen LogP contribution in [0.1, 0.15) is 21.0 Å². The maximum Gasteiger partial charge on any atom is 0.206 e. The van der Waals surface area contributed by atoms with Gasteiger partial charge in [-0.05, 0) is 12.2 Å². The highest BCUT2D eigenvalue weighted by atomic mass is 16.1. The molecular weight excluding hydrogens is 194 g/mol. The van der Waals surface area contributed by atoms with E-state index in [1.54, 1.807) is 16.5 Å². The summed E-state index contributed by atoms with van der Waals surface area (Å²) in [6, 6.07) is 0. The first-order valence-corrected chi connectivity index (χ1v) is 4.53. The van der Waals surface area contributed by atoms with Crippen LogP contribution in [0.15, 0.2) is 12.2 Å². The molecule has 0 fully saturated rings. The predicted molar refractivity (Wildman–Crippen MR) is 55.3 cm³/mol. The van der Waals surface area contributed by atoms with Crippen LogP contribution in [-0.4, -0.2) is 35.2 Å². The Kier molecular flexibility index (Phi) is 1.96. The van der Waals surface area contributed by atoms with E-state index >= 15 is 0 Å². The molecule has 1 heterocycles. The Labute approximate surface area is 87.0 Å². The van der Waals surface area contributed by atoms with Crippen molar-refractivity contribution in [2.24, 2.45) is 7.05 Å². The van der Waals surface area contributed by atoms with E-state index in [0.717, 1.165) is 0 Å². The molecule has 1 aromatic rings. The van der Waals surface area contributed by atoms with Crippen LogP contribution in [0.4, 0.5) is 5.95 Å². The van der Waals surface area contributed by atoms with Gasteiger partial charge >= 0.3 is 0 Å². The van der Waals surface area contributed by atoms with Crippen LogP contribution in [0.2, 0.25) is 0 Å². The molecule has 1 aliphatic carbocycles. The maximum absolute atomic E-state index is 11.6. The molecule has 1 aromatic heterocycles. The molecule has 2 rings (SSSR count). The Morgan fingerprint density at radius 1 is 1.20 bits per heavy atom. The lowest BCUT2D eigenvalue weighted by Crippen LogP contribution is -2.16. The van der Waals surface area contributed by atoms with E-state index < -0.39 is 0 Å². The lowest BCUT2D eigenvalue weighted by Gasteiger charge is -2.11. The Morgan fingerprint density at radius 3 is 2.33 bits per heavy atom. The number of imidazole rings is 1. The van der Waals surface area contributed by atoms with E-state index in [2.05, 4.69) is 4.98 Å². The fraction of sp³-hybridized carbons (Fsp3) is 0.300.